The average Bonchev–Trinajstić information content (AvgIpc) is 2.34. The second-order valence-electron chi connectivity index (χ2n) is 1.87. The number of aromatic nitrogens is 1. The molecule has 9 heteroatoms. The summed E-state index contributed by atoms with van der Waals surface area (Å²) in [5.74, 6) is 0. The summed E-state index contributed by atoms with van der Waals surface area (Å²) in [5.41, 5.74) is 0. The summed E-state index contributed by atoms with van der Waals surface area (Å²) < 4.78 is 29.8. The maximum Gasteiger partial charge on any atom is 0.361 e. The van der Waals surface area contributed by atoms with Gasteiger partial charge in [-0.05, 0) is 0 Å². The molecule has 0 bridgehead atoms. The molecule has 0 atom stereocenters. The fourth-order valence-corrected chi connectivity index (χ4v) is 1.33. The number of urea groups is 1. The molecule has 0 unspecified atom stereocenters. The molecule has 0 aliphatic rings. The van der Waals surface area contributed by atoms with Gasteiger partial charge in [0.15, 0.2) is 5.13 Å². The van der Waals surface area contributed by atoms with Crippen LogP contribution in [0.1, 0.15) is 0 Å². The molecule has 0 radical (unpaired) electrons. The van der Waals surface area contributed by atoms with E-state index in [2.05, 4.69) is 10.3 Å². The summed E-state index contributed by atoms with van der Waals surface area (Å²) >= 11 is 1.12. The predicted molar refractivity (Wildman–Crippen MR) is 45.8 cm³/mol. The lowest BCUT2D eigenvalue weighted by Gasteiger charge is -2.00. The maximum atomic E-state index is 10.7. The fraction of sp³-hybridized carbons (Fsp3) is 0. The third kappa shape index (κ3) is 3.83. The van der Waals surface area contributed by atoms with Gasteiger partial charge in [0.05, 0.1) is 0 Å². The van der Waals surface area contributed by atoms with E-state index >= 15 is 0 Å². The molecule has 0 saturated heterocycles. The molecular weight excluding hydrogens is 218 g/mol. The second-order valence-corrected chi connectivity index (χ2v) is 3.92. The molecule has 1 aromatic heterocycles. The van der Waals surface area contributed by atoms with Crippen LogP contribution < -0.4 is 10.0 Å². The third-order valence-electron chi connectivity index (χ3n) is 0.874. The van der Waals surface area contributed by atoms with Crippen LogP contribution in [0.5, 0.6) is 0 Å². The molecule has 0 aromatic carbocycles. The molecule has 7 nitrogen and oxygen atoms in total. The molecule has 3 N–H and O–H groups in total. The van der Waals surface area contributed by atoms with Crippen LogP contribution in [0, 0.1) is 0 Å². The van der Waals surface area contributed by atoms with Gasteiger partial charge in [-0.15, -0.1) is 11.3 Å². The van der Waals surface area contributed by atoms with Gasteiger partial charge < -0.3 is 0 Å². The summed E-state index contributed by atoms with van der Waals surface area (Å²) in [4.78, 5) is 14.4. The first-order chi connectivity index (χ1) is 5.97. The van der Waals surface area contributed by atoms with Gasteiger partial charge in [-0.2, -0.15) is 8.42 Å². The lowest BCUT2D eigenvalue weighted by atomic mass is 10.9. The quantitative estimate of drug-likeness (QED) is 0.615. The van der Waals surface area contributed by atoms with Gasteiger partial charge >= 0.3 is 16.3 Å². The van der Waals surface area contributed by atoms with Crippen LogP contribution in [0.3, 0.4) is 0 Å². The average molecular weight is 223 g/mol. The number of amides is 2. The van der Waals surface area contributed by atoms with Crippen LogP contribution >= 0.6 is 11.3 Å². The normalized spacial score (nSPS) is 10.8. The van der Waals surface area contributed by atoms with Crippen LogP contribution in [0.25, 0.3) is 0 Å². The van der Waals surface area contributed by atoms with Gasteiger partial charge in [0.25, 0.3) is 0 Å². The zero-order valence-electron chi connectivity index (χ0n) is 6.09. The number of hydrogen-bond acceptors (Lipinski definition) is 5. The highest BCUT2D eigenvalue weighted by molar-refractivity contribution is 7.84. The Morgan fingerprint density at radius 2 is 2.31 bits per heavy atom. The van der Waals surface area contributed by atoms with Crippen LogP contribution in [-0.4, -0.2) is 24.0 Å². The SMILES string of the molecule is O=C(Nc1nccs1)NS(=O)(=O)O. The summed E-state index contributed by atoms with van der Waals surface area (Å²) in [6.45, 7) is 0. The third-order valence-corrected chi connectivity index (χ3v) is 2.01. The zero-order valence-corrected chi connectivity index (χ0v) is 7.72. The molecule has 1 aromatic rings. The number of anilines is 1. The predicted octanol–water partition coefficient (Wildman–Crippen LogP) is 0.0674. The van der Waals surface area contributed by atoms with Crippen molar-refractivity contribution in [3.63, 3.8) is 0 Å². The molecule has 0 saturated carbocycles. The molecule has 2 amide bonds. The first-order valence-corrected chi connectivity index (χ1v) is 5.25. The highest BCUT2D eigenvalue weighted by Gasteiger charge is 2.10. The Bertz CT molecular complexity index is 384. The van der Waals surface area contributed by atoms with E-state index in [-0.39, 0.29) is 5.13 Å². The second kappa shape index (κ2) is 3.68. The standard InChI is InChI=1S/C4H5N3O4S2/c8-3(7-13(9,10)11)6-4-5-1-2-12-4/h1-2H,(H,9,10,11)(H2,5,6,7,8). The monoisotopic (exact) mass is 223 g/mol. The van der Waals surface area contributed by atoms with Gasteiger partial charge in [0.1, 0.15) is 0 Å². The lowest BCUT2D eigenvalue weighted by molar-refractivity contribution is 0.255. The van der Waals surface area contributed by atoms with Crippen molar-refractivity contribution in [3.8, 4) is 0 Å². The largest absolute Gasteiger partial charge is 0.361 e. The minimum atomic E-state index is -4.51. The van der Waals surface area contributed by atoms with Crippen molar-refractivity contribution in [2.24, 2.45) is 0 Å². The zero-order chi connectivity index (χ0) is 9.90. The Balaban J connectivity index is 2.53. The Hall–Kier alpha value is -1.19. The summed E-state index contributed by atoms with van der Waals surface area (Å²) in [6.07, 6.45) is 1.44. The number of carbonyl (C=O) groups is 1. The Morgan fingerprint density at radius 1 is 1.62 bits per heavy atom. The Morgan fingerprint density at radius 3 is 2.77 bits per heavy atom. The van der Waals surface area contributed by atoms with E-state index in [9.17, 15) is 13.2 Å². The Kier molecular flexibility index (Phi) is 2.80. The number of hydrogen-bond donors (Lipinski definition) is 3. The van der Waals surface area contributed by atoms with E-state index in [1.807, 2.05) is 0 Å². The van der Waals surface area contributed by atoms with Crippen molar-refractivity contribution in [1.82, 2.24) is 9.71 Å². The highest BCUT2D eigenvalue weighted by atomic mass is 32.2. The summed E-state index contributed by atoms with van der Waals surface area (Å²) in [7, 11) is -4.51. The molecule has 0 aliphatic carbocycles. The van der Waals surface area contributed by atoms with Gasteiger partial charge in [-0.25, -0.2) is 14.5 Å². The van der Waals surface area contributed by atoms with Crippen molar-refractivity contribution < 1.29 is 17.8 Å². The van der Waals surface area contributed by atoms with Crippen LogP contribution in [0.4, 0.5) is 9.93 Å². The smallest absolute Gasteiger partial charge is 0.283 e. The lowest BCUT2D eigenvalue weighted by Crippen LogP contribution is -2.33. The van der Waals surface area contributed by atoms with E-state index in [0.29, 0.717) is 0 Å². The minimum Gasteiger partial charge on any atom is -0.283 e. The van der Waals surface area contributed by atoms with Crippen molar-refractivity contribution in [1.29, 1.82) is 0 Å². The topological polar surface area (TPSA) is 108 Å². The van der Waals surface area contributed by atoms with E-state index < -0.39 is 16.3 Å². The molecule has 0 spiro atoms. The van der Waals surface area contributed by atoms with Crippen molar-refractivity contribution >= 4 is 32.8 Å². The highest BCUT2D eigenvalue weighted by Crippen LogP contribution is 2.09. The van der Waals surface area contributed by atoms with Gasteiger partial charge in [-0.1, -0.05) is 0 Å². The summed E-state index contributed by atoms with van der Waals surface area (Å²) in [5, 5.41) is 3.93. The van der Waals surface area contributed by atoms with Gasteiger partial charge in [0, 0.05) is 11.6 Å². The van der Waals surface area contributed by atoms with Crippen LogP contribution in [0.15, 0.2) is 11.6 Å². The van der Waals surface area contributed by atoms with E-state index in [1.54, 1.807) is 5.38 Å². The number of nitrogens with one attached hydrogen (secondary N) is 2. The number of thiazole rings is 1. The molecule has 72 valence electrons. The molecular formula is C4H5N3O4S2. The van der Waals surface area contributed by atoms with Gasteiger partial charge in [-0.3, -0.25) is 9.87 Å². The van der Waals surface area contributed by atoms with Crippen LogP contribution in [0.2, 0.25) is 0 Å². The van der Waals surface area contributed by atoms with Crippen molar-refractivity contribution in [3.05, 3.63) is 11.6 Å². The fourth-order valence-electron chi connectivity index (χ4n) is 0.525. The molecule has 0 fully saturated rings. The Labute approximate surface area is 77.7 Å². The van der Waals surface area contributed by atoms with E-state index in [0.717, 1.165) is 11.3 Å². The molecule has 13 heavy (non-hydrogen) atoms. The van der Waals surface area contributed by atoms with Crippen molar-refractivity contribution in [2.45, 2.75) is 0 Å². The van der Waals surface area contributed by atoms with Gasteiger partial charge in [0.2, 0.25) is 0 Å². The minimum absolute atomic E-state index is 0.237. The number of carbonyl (C=O) groups excluding carboxylic acids is 1. The summed E-state index contributed by atoms with van der Waals surface area (Å²) in [6, 6.07) is -1.06. The first-order valence-electron chi connectivity index (χ1n) is 2.93. The molecule has 0 aliphatic heterocycles. The molecule has 1 heterocycles. The number of rotatable bonds is 2. The van der Waals surface area contributed by atoms with Crippen molar-refractivity contribution in [2.75, 3.05) is 5.32 Å². The maximum absolute atomic E-state index is 10.7. The van der Waals surface area contributed by atoms with E-state index in [4.69, 9.17) is 4.55 Å². The number of nitrogens with zero attached hydrogens (tertiary/aromatic N) is 1. The first kappa shape index (κ1) is 9.89. The van der Waals surface area contributed by atoms with Crippen LogP contribution in [-0.2, 0) is 10.3 Å². The molecule has 1 rings (SSSR count). The van der Waals surface area contributed by atoms with E-state index in [1.165, 1.54) is 10.9 Å².